The summed E-state index contributed by atoms with van der Waals surface area (Å²) in [4.78, 5) is 0. The molecule has 1 nitrogen and oxygen atoms in total. The summed E-state index contributed by atoms with van der Waals surface area (Å²) in [5.74, 6) is 11.7. The lowest BCUT2D eigenvalue weighted by Gasteiger charge is -2.35. The molecule has 2 heteroatoms. The van der Waals surface area contributed by atoms with Crippen molar-refractivity contribution in [1.82, 2.24) is 0 Å². The molecule has 0 aliphatic rings. The molecular formula is C17H22OSi. The fourth-order valence-electron chi connectivity index (χ4n) is 1.14. The van der Waals surface area contributed by atoms with Crippen molar-refractivity contribution in [2.24, 2.45) is 0 Å². The molecule has 0 amide bonds. The lowest BCUT2D eigenvalue weighted by atomic mass is 10.2. The first kappa shape index (κ1) is 15.6. The van der Waals surface area contributed by atoms with Crippen LogP contribution in [0.3, 0.4) is 0 Å². The van der Waals surface area contributed by atoms with E-state index < -0.39 is 8.32 Å². The molecule has 0 unspecified atom stereocenters. The van der Waals surface area contributed by atoms with E-state index in [1.54, 1.807) is 0 Å². The minimum Gasteiger partial charge on any atom is -0.406 e. The van der Waals surface area contributed by atoms with Crippen LogP contribution in [0.1, 0.15) is 26.3 Å². The average Bonchev–Trinajstić information content (AvgIpc) is 2.33. The van der Waals surface area contributed by atoms with Gasteiger partial charge in [0.2, 0.25) is 0 Å². The molecule has 1 rings (SSSR count). The Morgan fingerprint density at radius 3 is 2.26 bits per heavy atom. The van der Waals surface area contributed by atoms with E-state index in [0.29, 0.717) is 6.61 Å². The van der Waals surface area contributed by atoms with Gasteiger partial charge in [-0.05, 0) is 42.1 Å². The Morgan fingerprint density at radius 2 is 1.68 bits per heavy atom. The molecule has 0 spiro atoms. The van der Waals surface area contributed by atoms with Crippen LogP contribution < -0.4 is 0 Å². The molecule has 0 atom stereocenters. The lowest BCUT2D eigenvalue weighted by Crippen LogP contribution is -2.40. The number of benzene rings is 1. The van der Waals surface area contributed by atoms with Crippen LogP contribution in [-0.4, -0.2) is 14.9 Å². The maximum Gasteiger partial charge on any atom is 0.193 e. The minimum atomic E-state index is -1.68. The van der Waals surface area contributed by atoms with Crippen LogP contribution in [0.2, 0.25) is 18.1 Å². The van der Waals surface area contributed by atoms with E-state index >= 15 is 0 Å². The molecule has 0 aliphatic heterocycles. The van der Waals surface area contributed by atoms with Crippen LogP contribution in [0.15, 0.2) is 30.3 Å². The topological polar surface area (TPSA) is 9.23 Å². The molecule has 0 radical (unpaired) electrons. The van der Waals surface area contributed by atoms with Gasteiger partial charge in [-0.3, -0.25) is 0 Å². The maximum absolute atomic E-state index is 5.94. The Kier molecular flexibility index (Phi) is 5.42. The first-order chi connectivity index (χ1) is 8.83. The molecule has 0 bridgehead atoms. The normalized spacial score (nSPS) is 11.0. The standard InChI is InChI=1S/C17H22OSi/c1-17(2,3)19(4,5)18-15-11-7-10-14-16-12-8-6-9-13-16/h6,8-9,12-13H,15H2,1-5H3. The maximum atomic E-state index is 5.94. The summed E-state index contributed by atoms with van der Waals surface area (Å²) < 4.78 is 5.94. The molecule has 1 aromatic carbocycles. The highest BCUT2D eigenvalue weighted by molar-refractivity contribution is 6.74. The predicted octanol–water partition coefficient (Wildman–Crippen LogP) is 4.06. The van der Waals surface area contributed by atoms with Crippen LogP contribution in [-0.2, 0) is 4.43 Å². The van der Waals surface area contributed by atoms with Crippen molar-refractivity contribution < 1.29 is 4.43 Å². The molecule has 0 heterocycles. The molecule has 0 saturated carbocycles. The highest BCUT2D eigenvalue weighted by Crippen LogP contribution is 2.36. The summed E-state index contributed by atoms with van der Waals surface area (Å²) in [5, 5.41) is 0.227. The predicted molar refractivity (Wildman–Crippen MR) is 84.2 cm³/mol. The highest BCUT2D eigenvalue weighted by atomic mass is 28.4. The first-order valence-corrected chi connectivity index (χ1v) is 9.42. The van der Waals surface area contributed by atoms with Gasteiger partial charge in [0.25, 0.3) is 0 Å². The van der Waals surface area contributed by atoms with Gasteiger partial charge in [0, 0.05) is 5.56 Å². The second-order valence-electron chi connectivity index (χ2n) is 5.97. The van der Waals surface area contributed by atoms with E-state index in [0.717, 1.165) is 5.56 Å². The van der Waals surface area contributed by atoms with Crippen molar-refractivity contribution in [3.63, 3.8) is 0 Å². The lowest BCUT2D eigenvalue weighted by molar-refractivity contribution is 0.334. The average molecular weight is 270 g/mol. The summed E-state index contributed by atoms with van der Waals surface area (Å²) in [5.41, 5.74) is 0.988. The zero-order valence-corrected chi connectivity index (χ0v) is 13.5. The van der Waals surface area contributed by atoms with Crippen molar-refractivity contribution in [3.05, 3.63) is 35.9 Å². The van der Waals surface area contributed by atoms with Crippen LogP contribution in [0.25, 0.3) is 0 Å². The van der Waals surface area contributed by atoms with E-state index in [4.69, 9.17) is 4.43 Å². The van der Waals surface area contributed by atoms with Crippen molar-refractivity contribution in [2.75, 3.05) is 6.61 Å². The van der Waals surface area contributed by atoms with Crippen LogP contribution in [0, 0.1) is 23.7 Å². The fourth-order valence-corrected chi connectivity index (χ4v) is 2.00. The smallest absolute Gasteiger partial charge is 0.193 e. The molecular weight excluding hydrogens is 248 g/mol. The van der Waals surface area contributed by atoms with Crippen LogP contribution in [0.4, 0.5) is 0 Å². The van der Waals surface area contributed by atoms with E-state index in [1.165, 1.54) is 0 Å². The molecule has 0 fully saturated rings. The summed E-state index contributed by atoms with van der Waals surface area (Å²) in [6.07, 6.45) is 0. The Bertz CT molecular complexity index is 516. The van der Waals surface area contributed by atoms with Gasteiger partial charge in [0.05, 0.1) is 6.61 Å². The summed E-state index contributed by atoms with van der Waals surface area (Å²) in [6, 6.07) is 9.86. The third kappa shape index (κ3) is 5.35. The van der Waals surface area contributed by atoms with Gasteiger partial charge in [0.15, 0.2) is 8.32 Å². The van der Waals surface area contributed by atoms with Gasteiger partial charge in [-0.2, -0.15) is 0 Å². The van der Waals surface area contributed by atoms with Crippen molar-refractivity contribution in [2.45, 2.75) is 38.9 Å². The Balaban J connectivity index is 2.48. The van der Waals surface area contributed by atoms with E-state index in [2.05, 4.69) is 57.5 Å². The number of rotatable bonds is 2. The third-order valence-electron chi connectivity index (χ3n) is 3.44. The first-order valence-electron chi connectivity index (χ1n) is 6.51. The molecule has 19 heavy (non-hydrogen) atoms. The quantitative estimate of drug-likeness (QED) is 0.581. The molecule has 0 N–H and O–H groups in total. The Labute approximate surface area is 118 Å². The Morgan fingerprint density at radius 1 is 1.05 bits per heavy atom. The molecule has 0 aliphatic carbocycles. The zero-order chi connectivity index (χ0) is 14.4. The molecule has 0 saturated heterocycles. The van der Waals surface area contributed by atoms with Gasteiger partial charge in [-0.1, -0.05) is 50.8 Å². The minimum absolute atomic E-state index is 0.227. The second-order valence-corrected chi connectivity index (χ2v) is 10.8. The SMILES string of the molecule is CC(C)(C)[Si](C)(C)OCC#CC#Cc1ccccc1. The molecule has 1 aromatic rings. The van der Waals surface area contributed by atoms with Gasteiger partial charge >= 0.3 is 0 Å². The summed E-state index contributed by atoms with van der Waals surface area (Å²) in [7, 11) is -1.68. The Hall–Kier alpha value is -1.48. The second kappa shape index (κ2) is 6.62. The van der Waals surface area contributed by atoms with Crippen molar-refractivity contribution in [3.8, 4) is 23.7 Å². The van der Waals surface area contributed by atoms with Crippen molar-refractivity contribution in [1.29, 1.82) is 0 Å². The van der Waals surface area contributed by atoms with Gasteiger partial charge in [-0.15, -0.1) is 0 Å². The zero-order valence-electron chi connectivity index (χ0n) is 12.5. The van der Waals surface area contributed by atoms with E-state index in [9.17, 15) is 0 Å². The van der Waals surface area contributed by atoms with Crippen LogP contribution >= 0.6 is 0 Å². The summed E-state index contributed by atoms with van der Waals surface area (Å²) >= 11 is 0. The summed E-state index contributed by atoms with van der Waals surface area (Å²) in [6.45, 7) is 11.6. The fraction of sp³-hybridized carbons (Fsp3) is 0.412. The molecule has 0 aromatic heterocycles. The van der Waals surface area contributed by atoms with E-state index in [1.807, 2.05) is 30.3 Å². The monoisotopic (exact) mass is 270 g/mol. The van der Waals surface area contributed by atoms with Gasteiger partial charge in [0.1, 0.15) is 0 Å². The van der Waals surface area contributed by atoms with Gasteiger partial charge in [-0.25, -0.2) is 0 Å². The van der Waals surface area contributed by atoms with E-state index in [-0.39, 0.29) is 5.04 Å². The van der Waals surface area contributed by atoms with Gasteiger partial charge < -0.3 is 4.43 Å². The third-order valence-corrected chi connectivity index (χ3v) is 7.92. The largest absolute Gasteiger partial charge is 0.406 e. The number of hydrogen-bond donors (Lipinski definition) is 0. The molecule has 100 valence electrons. The number of hydrogen-bond acceptors (Lipinski definition) is 1. The van der Waals surface area contributed by atoms with Crippen LogP contribution in [0.5, 0.6) is 0 Å². The highest BCUT2D eigenvalue weighted by Gasteiger charge is 2.36. The van der Waals surface area contributed by atoms with Crippen molar-refractivity contribution >= 4 is 8.32 Å².